The number of methoxy groups -OCH3 is 1. The molecule has 0 unspecified atom stereocenters. The van der Waals surface area contributed by atoms with Gasteiger partial charge in [0.25, 0.3) is 0 Å². The fourth-order valence-electron chi connectivity index (χ4n) is 4.42. The highest BCUT2D eigenvalue weighted by Crippen LogP contribution is 2.32. The van der Waals surface area contributed by atoms with Crippen LogP contribution in [0.15, 0.2) is 77.8 Å². The number of fused-ring (bicyclic) bond motifs is 1. The van der Waals surface area contributed by atoms with Gasteiger partial charge in [0, 0.05) is 36.1 Å². The maximum Gasteiger partial charge on any atom is 0.337 e. The Hall–Kier alpha value is -4.43. The molecule has 0 atom stereocenters. The van der Waals surface area contributed by atoms with Crippen molar-refractivity contribution in [3.05, 3.63) is 95.1 Å². The van der Waals surface area contributed by atoms with Crippen LogP contribution in [0.1, 0.15) is 27.0 Å². The minimum Gasteiger partial charge on any atom is -0.494 e. The van der Waals surface area contributed by atoms with Crippen molar-refractivity contribution in [2.75, 3.05) is 26.7 Å². The Morgan fingerprint density at radius 1 is 1.06 bits per heavy atom. The zero-order valence-corrected chi connectivity index (χ0v) is 19.8. The van der Waals surface area contributed by atoms with Gasteiger partial charge in [0.05, 0.1) is 36.2 Å². The van der Waals surface area contributed by atoms with E-state index >= 15 is 0 Å². The number of aromatic nitrogens is 1. The van der Waals surface area contributed by atoms with Crippen molar-refractivity contribution >= 4 is 34.2 Å². The number of hydrogen-bond acceptors (Lipinski definition) is 6. The molecule has 3 aromatic carbocycles. The summed E-state index contributed by atoms with van der Waals surface area (Å²) in [5.74, 6) is -0.434. The first kappa shape index (κ1) is 23.3. The minimum absolute atomic E-state index is 0.0328. The van der Waals surface area contributed by atoms with E-state index in [1.807, 2.05) is 54.6 Å². The molecule has 2 heterocycles. The number of aliphatic imine (C=N–C) groups is 1. The molecule has 8 nitrogen and oxygen atoms in total. The molecule has 0 bridgehead atoms. The van der Waals surface area contributed by atoms with Gasteiger partial charge < -0.3 is 20.1 Å². The second-order valence-electron chi connectivity index (χ2n) is 8.65. The van der Waals surface area contributed by atoms with Crippen LogP contribution < -0.4 is 5.32 Å². The van der Waals surface area contributed by atoms with E-state index in [1.54, 1.807) is 18.2 Å². The molecule has 0 saturated carbocycles. The van der Waals surface area contributed by atoms with Gasteiger partial charge in [-0.05, 0) is 29.8 Å². The molecule has 8 heteroatoms. The number of esters is 1. The molecule has 1 aliphatic heterocycles. The second-order valence-corrected chi connectivity index (χ2v) is 8.65. The lowest BCUT2D eigenvalue weighted by Gasteiger charge is -2.26. The number of nitrogens with zero attached hydrogens (tertiary/aromatic N) is 2. The van der Waals surface area contributed by atoms with Crippen molar-refractivity contribution in [1.82, 2.24) is 15.2 Å². The normalized spacial score (nSPS) is 14.6. The highest BCUT2D eigenvalue weighted by atomic mass is 16.5. The molecule has 36 heavy (non-hydrogen) atoms. The maximum atomic E-state index is 12.0. The Morgan fingerprint density at radius 2 is 1.83 bits per heavy atom. The summed E-state index contributed by atoms with van der Waals surface area (Å²) >= 11 is 0. The van der Waals surface area contributed by atoms with Crippen LogP contribution in [0.5, 0.6) is 5.88 Å². The van der Waals surface area contributed by atoms with Crippen molar-refractivity contribution in [3.8, 4) is 5.88 Å². The predicted octanol–water partition coefficient (Wildman–Crippen LogP) is 3.76. The molecule has 1 amide bonds. The number of aromatic hydroxyl groups is 1. The lowest BCUT2D eigenvalue weighted by molar-refractivity contribution is -0.124. The minimum atomic E-state index is -0.449. The second kappa shape index (κ2) is 10.1. The number of H-pyrrole nitrogens is 1. The topological polar surface area (TPSA) is 107 Å². The van der Waals surface area contributed by atoms with Gasteiger partial charge in [-0.25, -0.2) is 9.79 Å². The summed E-state index contributed by atoms with van der Waals surface area (Å²) in [4.78, 5) is 33.6. The Balaban J connectivity index is 1.52. The summed E-state index contributed by atoms with van der Waals surface area (Å²) in [5, 5.41) is 14.5. The predicted molar refractivity (Wildman–Crippen MR) is 138 cm³/mol. The molecular formula is C28H26N4O4. The van der Waals surface area contributed by atoms with E-state index in [-0.39, 0.29) is 11.8 Å². The average molecular weight is 483 g/mol. The van der Waals surface area contributed by atoms with Gasteiger partial charge >= 0.3 is 5.97 Å². The van der Waals surface area contributed by atoms with Crippen LogP contribution in [0.25, 0.3) is 10.9 Å². The highest BCUT2D eigenvalue weighted by Gasteiger charge is 2.20. The van der Waals surface area contributed by atoms with Gasteiger partial charge in [-0.15, -0.1) is 0 Å². The summed E-state index contributed by atoms with van der Waals surface area (Å²) in [6, 6.07) is 22.6. The number of aromatic amines is 1. The number of carbonyl (C=O) groups excluding carboxylic acids is 2. The van der Waals surface area contributed by atoms with Gasteiger partial charge in [0.15, 0.2) is 5.88 Å². The number of nitrogens with one attached hydrogen (secondary N) is 2. The monoisotopic (exact) mass is 482 g/mol. The van der Waals surface area contributed by atoms with Crippen molar-refractivity contribution in [2.24, 2.45) is 4.99 Å². The third-order valence-electron chi connectivity index (χ3n) is 6.18. The van der Waals surface area contributed by atoms with Gasteiger partial charge in [0.2, 0.25) is 5.91 Å². The lowest BCUT2D eigenvalue weighted by Crippen LogP contribution is -2.47. The first-order valence-corrected chi connectivity index (χ1v) is 11.7. The number of rotatable bonds is 6. The zero-order valence-electron chi connectivity index (χ0n) is 19.8. The Kier molecular flexibility index (Phi) is 6.51. The average Bonchev–Trinajstić information content (AvgIpc) is 3.23. The number of carbonyl (C=O) groups is 2. The van der Waals surface area contributed by atoms with E-state index in [4.69, 9.17) is 9.73 Å². The van der Waals surface area contributed by atoms with Crippen molar-refractivity contribution in [3.63, 3.8) is 0 Å². The molecule has 5 rings (SSSR count). The van der Waals surface area contributed by atoms with Crippen molar-refractivity contribution in [2.45, 2.75) is 6.54 Å². The highest BCUT2D eigenvalue weighted by molar-refractivity contribution is 6.22. The molecule has 4 aromatic rings. The SMILES string of the molecule is COC(=O)c1ccc2c(C(=Nc3ccc(CN4CCNC(=O)C4)cc3)c3ccccc3)c(O)[nH]c2c1. The lowest BCUT2D eigenvalue weighted by atomic mass is 10.00. The summed E-state index contributed by atoms with van der Waals surface area (Å²) in [6.45, 7) is 2.57. The van der Waals surface area contributed by atoms with Crippen LogP contribution in [-0.2, 0) is 16.1 Å². The van der Waals surface area contributed by atoms with Gasteiger partial charge in [-0.2, -0.15) is 0 Å². The van der Waals surface area contributed by atoms with E-state index in [1.165, 1.54) is 7.11 Å². The van der Waals surface area contributed by atoms with Crippen LogP contribution in [0.3, 0.4) is 0 Å². The molecule has 0 radical (unpaired) electrons. The first-order valence-electron chi connectivity index (χ1n) is 11.7. The molecule has 182 valence electrons. The molecule has 1 aliphatic rings. The summed E-state index contributed by atoms with van der Waals surface area (Å²) < 4.78 is 4.82. The van der Waals surface area contributed by atoms with Crippen LogP contribution >= 0.6 is 0 Å². The number of benzene rings is 3. The quantitative estimate of drug-likeness (QED) is 0.287. The third-order valence-corrected chi connectivity index (χ3v) is 6.18. The maximum absolute atomic E-state index is 12.0. The van der Waals surface area contributed by atoms with E-state index in [9.17, 15) is 14.7 Å². The van der Waals surface area contributed by atoms with Gasteiger partial charge in [-0.3, -0.25) is 9.69 Å². The van der Waals surface area contributed by atoms with Crippen LogP contribution in [0.2, 0.25) is 0 Å². The molecule has 3 N–H and O–H groups in total. The third kappa shape index (κ3) is 4.85. The summed E-state index contributed by atoms with van der Waals surface area (Å²) in [6.07, 6.45) is 0. The molecule has 0 aliphatic carbocycles. The van der Waals surface area contributed by atoms with Crippen molar-refractivity contribution in [1.29, 1.82) is 0 Å². The van der Waals surface area contributed by atoms with Crippen molar-refractivity contribution < 1.29 is 19.4 Å². The van der Waals surface area contributed by atoms with E-state index in [0.29, 0.717) is 42.0 Å². The number of hydrogen-bond donors (Lipinski definition) is 3. The van der Waals surface area contributed by atoms with E-state index in [2.05, 4.69) is 15.2 Å². The molecule has 0 spiro atoms. The smallest absolute Gasteiger partial charge is 0.337 e. The zero-order chi connectivity index (χ0) is 25.1. The Morgan fingerprint density at radius 3 is 2.56 bits per heavy atom. The van der Waals surface area contributed by atoms with Gasteiger partial charge in [0.1, 0.15) is 0 Å². The molecule has 1 saturated heterocycles. The number of piperazine rings is 1. The standard InChI is InChI=1S/C28H26N4O4/c1-36-28(35)20-9-12-22-23(15-20)31-27(34)25(22)26(19-5-3-2-4-6-19)30-21-10-7-18(8-11-21)16-32-14-13-29-24(33)17-32/h2-12,15,31,34H,13-14,16-17H2,1H3,(H,29,33). The largest absolute Gasteiger partial charge is 0.494 e. The van der Waals surface area contributed by atoms with Crippen LogP contribution in [-0.4, -0.2) is 59.3 Å². The van der Waals surface area contributed by atoms with Crippen LogP contribution in [0, 0.1) is 0 Å². The van der Waals surface area contributed by atoms with E-state index in [0.717, 1.165) is 28.7 Å². The molecule has 1 aromatic heterocycles. The van der Waals surface area contributed by atoms with Crippen LogP contribution in [0.4, 0.5) is 5.69 Å². The summed E-state index contributed by atoms with van der Waals surface area (Å²) in [5.41, 5.74) is 4.81. The van der Waals surface area contributed by atoms with E-state index < -0.39 is 5.97 Å². The molecule has 1 fully saturated rings. The summed E-state index contributed by atoms with van der Waals surface area (Å²) in [7, 11) is 1.33. The fraction of sp³-hybridized carbons (Fsp3) is 0.179. The number of amides is 1. The Labute approximate surface area is 208 Å². The molecular weight excluding hydrogens is 456 g/mol. The fourth-order valence-corrected chi connectivity index (χ4v) is 4.42. The Bertz CT molecular complexity index is 1440. The first-order chi connectivity index (χ1) is 17.5. The van der Waals surface area contributed by atoms with Gasteiger partial charge in [-0.1, -0.05) is 48.5 Å². The number of ether oxygens (including phenoxy) is 1.